The van der Waals surface area contributed by atoms with E-state index in [0.29, 0.717) is 16.7 Å². The average molecular weight is 285 g/mol. The summed E-state index contributed by atoms with van der Waals surface area (Å²) in [4.78, 5) is 15.8. The zero-order valence-electron chi connectivity index (χ0n) is 8.74. The van der Waals surface area contributed by atoms with Gasteiger partial charge in [-0.25, -0.2) is 4.98 Å². The number of pyridine rings is 1. The smallest absolute Gasteiger partial charge is 0.271 e. The van der Waals surface area contributed by atoms with Gasteiger partial charge in [0.25, 0.3) is 5.91 Å². The molecule has 2 N–H and O–H groups in total. The normalized spacial score (nSPS) is 16.9. The number of aliphatic hydroxyl groups is 1. The molecule has 0 atom stereocenters. The summed E-state index contributed by atoms with van der Waals surface area (Å²) in [6.07, 6.45) is 3.54. The Morgan fingerprint density at radius 2 is 2.38 bits per heavy atom. The summed E-state index contributed by atoms with van der Waals surface area (Å²) in [5.41, 5.74) is 0.313. The van der Waals surface area contributed by atoms with Crippen LogP contribution < -0.4 is 5.32 Å². The third-order valence-corrected chi connectivity index (χ3v) is 3.53. The zero-order valence-corrected chi connectivity index (χ0v) is 10.3. The molecule has 0 aliphatic heterocycles. The molecule has 2 rings (SSSR count). The van der Waals surface area contributed by atoms with Gasteiger partial charge in [0, 0.05) is 22.6 Å². The fourth-order valence-electron chi connectivity index (χ4n) is 1.47. The van der Waals surface area contributed by atoms with Crippen LogP contribution in [0.1, 0.15) is 23.3 Å². The number of amides is 1. The van der Waals surface area contributed by atoms with Gasteiger partial charge in [-0.15, -0.1) is 0 Å². The maximum absolute atomic E-state index is 11.8. The third kappa shape index (κ3) is 2.41. The lowest BCUT2D eigenvalue weighted by Gasteiger charge is -2.12. The van der Waals surface area contributed by atoms with Crippen LogP contribution in [0.3, 0.4) is 0 Å². The Hall–Kier alpha value is -0.940. The van der Waals surface area contributed by atoms with E-state index >= 15 is 0 Å². The molecule has 1 aliphatic carbocycles. The van der Waals surface area contributed by atoms with E-state index in [9.17, 15) is 4.79 Å². The molecule has 0 unspecified atom stereocenters. The molecule has 4 nitrogen and oxygen atoms in total. The number of hydrogen-bond acceptors (Lipinski definition) is 3. The molecule has 1 heterocycles. The molecule has 0 bridgehead atoms. The first-order valence-corrected chi connectivity index (χ1v) is 5.96. The first-order valence-electron chi connectivity index (χ1n) is 5.16. The number of carbonyl (C=O) groups is 1. The molecular weight excluding hydrogens is 272 g/mol. The molecule has 0 aromatic carbocycles. The van der Waals surface area contributed by atoms with Gasteiger partial charge in [0.2, 0.25) is 0 Å². The van der Waals surface area contributed by atoms with Crippen molar-refractivity contribution in [3.8, 4) is 0 Å². The van der Waals surface area contributed by atoms with E-state index in [1.165, 1.54) is 0 Å². The monoisotopic (exact) mass is 284 g/mol. The highest BCUT2D eigenvalue weighted by Gasteiger charge is 2.42. The molecule has 1 saturated carbocycles. The van der Waals surface area contributed by atoms with E-state index in [4.69, 9.17) is 5.11 Å². The molecule has 86 valence electrons. The van der Waals surface area contributed by atoms with Gasteiger partial charge in [-0.2, -0.15) is 0 Å². The van der Waals surface area contributed by atoms with Crippen molar-refractivity contribution in [3.05, 3.63) is 28.5 Å². The predicted molar refractivity (Wildman–Crippen MR) is 63.0 cm³/mol. The second-order valence-corrected chi connectivity index (χ2v) is 5.03. The second kappa shape index (κ2) is 4.51. The predicted octanol–water partition coefficient (Wildman–Crippen LogP) is 1.35. The molecule has 1 aromatic rings. The topological polar surface area (TPSA) is 62.2 Å². The number of aliphatic hydroxyl groups excluding tert-OH is 1. The van der Waals surface area contributed by atoms with Crippen LogP contribution in [0.4, 0.5) is 0 Å². The molecule has 0 spiro atoms. The number of nitrogens with zero attached hydrogens (tertiary/aromatic N) is 1. The minimum Gasteiger partial charge on any atom is -0.396 e. The van der Waals surface area contributed by atoms with Crippen molar-refractivity contribution in [1.82, 2.24) is 10.3 Å². The Morgan fingerprint density at radius 3 is 2.94 bits per heavy atom. The van der Waals surface area contributed by atoms with Crippen molar-refractivity contribution in [3.63, 3.8) is 0 Å². The summed E-state index contributed by atoms with van der Waals surface area (Å²) >= 11 is 3.28. The van der Waals surface area contributed by atoms with E-state index in [2.05, 4.69) is 26.2 Å². The lowest BCUT2D eigenvalue weighted by Crippen LogP contribution is -2.32. The van der Waals surface area contributed by atoms with Crippen LogP contribution in [0.15, 0.2) is 22.8 Å². The zero-order chi connectivity index (χ0) is 11.6. The van der Waals surface area contributed by atoms with Gasteiger partial charge in [0.15, 0.2) is 0 Å². The maximum Gasteiger partial charge on any atom is 0.271 e. The third-order valence-electron chi connectivity index (χ3n) is 2.89. The largest absolute Gasteiger partial charge is 0.396 e. The number of aromatic nitrogens is 1. The number of hydrogen-bond donors (Lipinski definition) is 2. The van der Waals surface area contributed by atoms with Crippen molar-refractivity contribution in [2.45, 2.75) is 12.8 Å². The highest BCUT2D eigenvalue weighted by molar-refractivity contribution is 9.10. The SMILES string of the molecule is O=C(NCC1(CO)CC1)c1ncccc1Br. The molecule has 1 aromatic heterocycles. The lowest BCUT2D eigenvalue weighted by atomic mass is 10.1. The minimum atomic E-state index is -0.202. The molecular formula is C11H13BrN2O2. The van der Waals surface area contributed by atoms with Gasteiger partial charge in [-0.05, 0) is 40.9 Å². The molecule has 0 radical (unpaired) electrons. The Kier molecular flexibility index (Phi) is 3.25. The number of carbonyl (C=O) groups excluding carboxylic acids is 1. The van der Waals surface area contributed by atoms with Crippen LogP contribution in [0, 0.1) is 5.41 Å². The van der Waals surface area contributed by atoms with Crippen molar-refractivity contribution < 1.29 is 9.90 Å². The molecule has 1 amide bonds. The van der Waals surface area contributed by atoms with Gasteiger partial charge < -0.3 is 10.4 Å². The van der Waals surface area contributed by atoms with Crippen molar-refractivity contribution in [2.75, 3.05) is 13.2 Å². The molecule has 1 fully saturated rings. The van der Waals surface area contributed by atoms with E-state index in [-0.39, 0.29) is 17.9 Å². The Bertz CT molecular complexity index is 405. The second-order valence-electron chi connectivity index (χ2n) is 4.17. The van der Waals surface area contributed by atoms with Crippen molar-refractivity contribution in [1.29, 1.82) is 0 Å². The van der Waals surface area contributed by atoms with E-state index < -0.39 is 0 Å². The maximum atomic E-state index is 11.8. The van der Waals surface area contributed by atoms with Gasteiger partial charge in [-0.1, -0.05) is 0 Å². The van der Waals surface area contributed by atoms with Gasteiger partial charge in [-0.3, -0.25) is 4.79 Å². The van der Waals surface area contributed by atoms with Crippen LogP contribution in [0.2, 0.25) is 0 Å². The van der Waals surface area contributed by atoms with Crippen LogP contribution in [0.5, 0.6) is 0 Å². The van der Waals surface area contributed by atoms with Gasteiger partial charge >= 0.3 is 0 Å². The first kappa shape index (κ1) is 11.5. The number of nitrogens with one attached hydrogen (secondary N) is 1. The average Bonchev–Trinajstić information content (AvgIpc) is 3.07. The van der Waals surface area contributed by atoms with Crippen LogP contribution in [0.25, 0.3) is 0 Å². The highest BCUT2D eigenvalue weighted by atomic mass is 79.9. The minimum absolute atomic E-state index is 0.0725. The van der Waals surface area contributed by atoms with Crippen molar-refractivity contribution in [2.24, 2.45) is 5.41 Å². The van der Waals surface area contributed by atoms with Crippen molar-refractivity contribution >= 4 is 21.8 Å². The molecule has 16 heavy (non-hydrogen) atoms. The summed E-state index contributed by atoms with van der Waals surface area (Å²) in [6, 6.07) is 3.54. The Labute approximate surface area is 102 Å². The first-order chi connectivity index (χ1) is 7.67. The molecule has 5 heteroatoms. The van der Waals surface area contributed by atoms with Crippen LogP contribution in [-0.2, 0) is 0 Å². The van der Waals surface area contributed by atoms with E-state index in [1.54, 1.807) is 18.3 Å². The van der Waals surface area contributed by atoms with Gasteiger partial charge in [0.1, 0.15) is 5.69 Å². The summed E-state index contributed by atoms with van der Waals surface area (Å²) in [5, 5.41) is 11.9. The molecule has 0 saturated heterocycles. The standard InChI is InChI=1S/C11H13BrN2O2/c12-8-2-1-5-13-9(8)10(16)14-6-11(7-15)3-4-11/h1-2,5,15H,3-4,6-7H2,(H,14,16). The summed E-state index contributed by atoms with van der Waals surface area (Å²) in [6.45, 7) is 0.655. The number of rotatable bonds is 4. The van der Waals surface area contributed by atoms with Gasteiger partial charge in [0.05, 0.1) is 6.61 Å². The summed E-state index contributed by atoms with van der Waals surface area (Å²) in [7, 11) is 0. The quantitative estimate of drug-likeness (QED) is 0.877. The Morgan fingerprint density at radius 1 is 1.62 bits per heavy atom. The van der Waals surface area contributed by atoms with E-state index in [1.807, 2.05) is 0 Å². The fourth-order valence-corrected chi connectivity index (χ4v) is 1.91. The Balaban J connectivity index is 1.96. The molecule has 1 aliphatic rings. The number of halogens is 1. The van der Waals surface area contributed by atoms with Crippen LogP contribution >= 0.6 is 15.9 Å². The lowest BCUT2D eigenvalue weighted by molar-refractivity contribution is 0.0929. The van der Waals surface area contributed by atoms with E-state index in [0.717, 1.165) is 12.8 Å². The van der Waals surface area contributed by atoms with Crippen LogP contribution in [-0.4, -0.2) is 29.1 Å². The fraction of sp³-hybridized carbons (Fsp3) is 0.455. The summed E-state index contributed by atoms with van der Waals surface area (Å²) < 4.78 is 0.682. The highest BCUT2D eigenvalue weighted by Crippen LogP contribution is 2.44. The summed E-state index contributed by atoms with van der Waals surface area (Å²) in [5.74, 6) is -0.202.